The van der Waals surface area contributed by atoms with Crippen molar-refractivity contribution in [2.24, 2.45) is 0 Å². The first-order chi connectivity index (χ1) is 33.1. The fraction of sp³-hybridized carbons (Fsp3) is 0.143. The lowest BCUT2D eigenvalue weighted by molar-refractivity contribution is 0.266. The molecule has 0 heterocycles. The molecule has 0 bridgehead atoms. The second-order valence-corrected chi connectivity index (χ2v) is 17.4. The van der Waals surface area contributed by atoms with E-state index in [1.54, 1.807) is 0 Å². The summed E-state index contributed by atoms with van der Waals surface area (Å²) < 4.78 is 12.5. The van der Waals surface area contributed by atoms with Crippen molar-refractivity contribution in [1.29, 1.82) is 0 Å². The van der Waals surface area contributed by atoms with Crippen LogP contribution >= 0.6 is 0 Å². The fourth-order valence-corrected chi connectivity index (χ4v) is 9.77. The summed E-state index contributed by atoms with van der Waals surface area (Å²) in [5, 5.41) is 0. The van der Waals surface area contributed by atoms with E-state index in [-0.39, 0.29) is 0 Å². The highest BCUT2D eigenvalue weighted by atomic mass is 16.5. The van der Waals surface area contributed by atoms with Gasteiger partial charge in [-0.05, 0) is 161 Å². The van der Waals surface area contributed by atoms with E-state index < -0.39 is 5.41 Å². The zero-order valence-electron chi connectivity index (χ0n) is 38.3. The van der Waals surface area contributed by atoms with Gasteiger partial charge in [0.2, 0.25) is 0 Å². The van der Waals surface area contributed by atoms with Crippen molar-refractivity contribution in [2.45, 2.75) is 44.4 Å². The van der Waals surface area contributed by atoms with E-state index in [0.717, 1.165) is 64.9 Å². The van der Waals surface area contributed by atoms with E-state index in [9.17, 15) is 0 Å². The molecule has 4 nitrogen and oxygen atoms in total. The number of nitrogens with zero attached hydrogens (tertiary/aromatic N) is 2. The minimum absolute atomic E-state index is 0.557. The molecule has 67 heavy (non-hydrogen) atoms. The van der Waals surface area contributed by atoms with Crippen molar-refractivity contribution in [2.75, 3.05) is 23.0 Å². The summed E-state index contributed by atoms with van der Waals surface area (Å²) in [7, 11) is 0. The molecule has 9 aromatic rings. The van der Waals surface area contributed by atoms with Crippen molar-refractivity contribution in [3.63, 3.8) is 0 Å². The summed E-state index contributed by atoms with van der Waals surface area (Å²) in [6.45, 7) is 5.76. The monoisotopic (exact) mass is 872 g/mol. The first-order valence-electron chi connectivity index (χ1n) is 23.7. The highest BCUT2D eigenvalue weighted by Crippen LogP contribution is 2.58. The molecule has 0 N–H and O–H groups in total. The van der Waals surface area contributed by atoms with Crippen LogP contribution in [0.4, 0.5) is 34.1 Å². The van der Waals surface area contributed by atoms with E-state index in [1.165, 1.54) is 38.9 Å². The predicted octanol–water partition coefficient (Wildman–Crippen LogP) is 16.7. The summed E-state index contributed by atoms with van der Waals surface area (Å²) >= 11 is 0. The Balaban J connectivity index is 1.05. The second kappa shape index (κ2) is 19.7. The predicted molar refractivity (Wildman–Crippen MR) is 278 cm³/mol. The molecular formula is C63H56N2O2. The van der Waals surface area contributed by atoms with Crippen LogP contribution in [0.5, 0.6) is 11.5 Å². The zero-order valence-corrected chi connectivity index (χ0v) is 38.3. The molecule has 0 aliphatic heterocycles. The molecule has 10 rings (SSSR count). The van der Waals surface area contributed by atoms with Gasteiger partial charge in [0.25, 0.3) is 0 Å². The Morgan fingerprint density at radius 2 is 0.746 bits per heavy atom. The Bertz CT molecular complexity index is 2780. The van der Waals surface area contributed by atoms with Gasteiger partial charge >= 0.3 is 0 Å². The van der Waals surface area contributed by atoms with Crippen LogP contribution in [0, 0.1) is 0 Å². The van der Waals surface area contributed by atoms with Crippen LogP contribution in [0.15, 0.2) is 237 Å². The lowest BCUT2D eigenvalue weighted by Gasteiger charge is -2.35. The summed E-state index contributed by atoms with van der Waals surface area (Å²) in [5.74, 6) is 2.33. The summed E-state index contributed by atoms with van der Waals surface area (Å²) in [5.41, 5.74) is 14.5. The normalized spacial score (nSPS) is 12.7. The van der Waals surface area contributed by atoms with Crippen LogP contribution in [0.3, 0.4) is 0 Å². The highest BCUT2D eigenvalue weighted by Gasteiger charge is 2.47. The minimum Gasteiger partial charge on any atom is -0.494 e. The number of fused-ring (bicyclic) bond motifs is 3. The molecular weight excluding hydrogens is 817 g/mol. The van der Waals surface area contributed by atoms with Gasteiger partial charge in [-0.3, -0.25) is 0 Å². The number of hydrogen-bond acceptors (Lipinski definition) is 4. The molecule has 1 unspecified atom stereocenters. The van der Waals surface area contributed by atoms with Gasteiger partial charge in [-0.1, -0.05) is 153 Å². The first-order valence-corrected chi connectivity index (χ1v) is 23.7. The van der Waals surface area contributed by atoms with Gasteiger partial charge in [-0.25, -0.2) is 0 Å². The van der Waals surface area contributed by atoms with Gasteiger partial charge in [-0.2, -0.15) is 0 Å². The molecule has 0 amide bonds. The van der Waals surface area contributed by atoms with Crippen molar-refractivity contribution in [1.82, 2.24) is 0 Å². The molecule has 0 saturated carbocycles. The SMILES string of the molecule is CCC(C)c1ccc(OCCCCOc2ccc(C3(c4ccccc4)c4cc(N(c5ccccc5)c5ccccc5)ccc4-c4ccc(N(c5ccccc5)c5ccccc5)cc43)cc2)cc1. The third-order valence-corrected chi connectivity index (χ3v) is 13.3. The van der Waals surface area contributed by atoms with Crippen molar-refractivity contribution in [3.8, 4) is 22.6 Å². The van der Waals surface area contributed by atoms with E-state index in [2.05, 4.69) is 260 Å². The Morgan fingerprint density at radius 1 is 0.388 bits per heavy atom. The maximum Gasteiger partial charge on any atom is 0.119 e. The fourth-order valence-electron chi connectivity index (χ4n) is 9.77. The van der Waals surface area contributed by atoms with Gasteiger partial charge in [-0.15, -0.1) is 0 Å². The van der Waals surface area contributed by atoms with Crippen molar-refractivity contribution >= 4 is 34.1 Å². The molecule has 1 aliphatic carbocycles. The summed E-state index contributed by atoms with van der Waals surface area (Å²) in [6, 6.07) is 85.3. The number of anilines is 6. The molecule has 330 valence electrons. The van der Waals surface area contributed by atoms with Crippen LogP contribution in [0.25, 0.3) is 11.1 Å². The van der Waals surface area contributed by atoms with Gasteiger partial charge in [0, 0.05) is 34.1 Å². The van der Waals surface area contributed by atoms with Gasteiger partial charge in [0.1, 0.15) is 11.5 Å². The standard InChI is InChI=1S/C63H56N2O2/c1-3-47(2)48-31-37-57(38-32-48)66-43-19-20-44-67-58-39-33-50(34-40-58)63(49-21-9-4-10-22-49)61-45-55(64(51-23-11-5-12-24-51)52-25-13-6-14-26-52)35-41-59(61)60-42-36-56(46-62(60)63)65(53-27-15-7-16-28-53)54-29-17-8-18-30-54/h4-18,21-42,45-47H,3,19-20,43-44H2,1-2H3. The quantitative estimate of drug-likeness (QED) is 0.0851. The largest absolute Gasteiger partial charge is 0.494 e. The molecule has 1 atom stereocenters. The second-order valence-electron chi connectivity index (χ2n) is 17.4. The number of rotatable bonds is 17. The molecule has 9 aromatic carbocycles. The van der Waals surface area contributed by atoms with E-state index >= 15 is 0 Å². The highest BCUT2D eigenvalue weighted by molar-refractivity contribution is 5.92. The Hall–Kier alpha value is -7.82. The minimum atomic E-state index is -0.682. The number of unbranched alkanes of at least 4 members (excludes halogenated alkanes) is 1. The van der Waals surface area contributed by atoms with Crippen LogP contribution in [0.2, 0.25) is 0 Å². The van der Waals surface area contributed by atoms with Crippen molar-refractivity contribution in [3.05, 3.63) is 264 Å². The maximum atomic E-state index is 6.44. The maximum absolute atomic E-state index is 6.44. The number of para-hydroxylation sites is 4. The van der Waals surface area contributed by atoms with Crippen LogP contribution in [-0.4, -0.2) is 13.2 Å². The molecule has 0 fully saturated rings. The average molecular weight is 873 g/mol. The Kier molecular flexibility index (Phi) is 12.7. The smallest absolute Gasteiger partial charge is 0.119 e. The first kappa shape index (κ1) is 43.1. The average Bonchev–Trinajstić information content (AvgIpc) is 3.69. The van der Waals surface area contributed by atoms with Crippen LogP contribution < -0.4 is 19.3 Å². The molecule has 0 spiro atoms. The van der Waals surface area contributed by atoms with E-state index in [1.807, 2.05) is 0 Å². The lowest BCUT2D eigenvalue weighted by atomic mass is 9.67. The Labute approximate surface area is 396 Å². The van der Waals surface area contributed by atoms with Crippen LogP contribution in [0.1, 0.15) is 66.8 Å². The number of ether oxygens (including phenoxy) is 2. The zero-order chi connectivity index (χ0) is 45.4. The summed E-state index contributed by atoms with van der Waals surface area (Å²) in [4.78, 5) is 4.73. The molecule has 0 radical (unpaired) electrons. The van der Waals surface area contributed by atoms with E-state index in [4.69, 9.17) is 9.47 Å². The number of hydrogen-bond donors (Lipinski definition) is 0. The molecule has 0 saturated heterocycles. The van der Waals surface area contributed by atoms with Gasteiger partial charge < -0.3 is 19.3 Å². The van der Waals surface area contributed by atoms with Gasteiger partial charge in [0.15, 0.2) is 0 Å². The molecule has 1 aliphatic rings. The van der Waals surface area contributed by atoms with Crippen LogP contribution in [-0.2, 0) is 5.41 Å². The number of benzene rings is 9. The van der Waals surface area contributed by atoms with Gasteiger partial charge in [0.05, 0.1) is 18.6 Å². The van der Waals surface area contributed by atoms with Crippen molar-refractivity contribution < 1.29 is 9.47 Å². The topological polar surface area (TPSA) is 24.9 Å². The third kappa shape index (κ3) is 8.71. The third-order valence-electron chi connectivity index (χ3n) is 13.3. The lowest BCUT2D eigenvalue weighted by Crippen LogP contribution is -2.29. The molecule has 0 aromatic heterocycles. The molecule has 4 heteroatoms. The Morgan fingerprint density at radius 3 is 1.13 bits per heavy atom. The van der Waals surface area contributed by atoms with E-state index in [0.29, 0.717) is 19.1 Å². The summed E-state index contributed by atoms with van der Waals surface area (Å²) in [6.07, 6.45) is 2.94.